The van der Waals surface area contributed by atoms with Crippen LogP contribution in [0.15, 0.2) is 53.6 Å². The van der Waals surface area contributed by atoms with Crippen molar-refractivity contribution in [2.45, 2.75) is 19.5 Å². The zero-order valence-corrected chi connectivity index (χ0v) is 14.0. The maximum Gasteiger partial charge on any atom is 0.418 e. The second-order valence-corrected chi connectivity index (χ2v) is 5.88. The molecule has 1 aliphatic heterocycles. The van der Waals surface area contributed by atoms with E-state index in [1.165, 1.54) is 18.2 Å². The molecule has 0 fully saturated rings. The average molecular weight is 362 g/mol. The van der Waals surface area contributed by atoms with Crippen molar-refractivity contribution in [3.63, 3.8) is 0 Å². The number of hydrazone groups is 1. The lowest BCUT2D eigenvalue weighted by molar-refractivity contribution is -0.137. The van der Waals surface area contributed by atoms with Gasteiger partial charge in [0.2, 0.25) is 0 Å². The fourth-order valence-electron chi connectivity index (χ4n) is 2.58. The highest BCUT2D eigenvalue weighted by molar-refractivity contribution is 5.95. The van der Waals surface area contributed by atoms with E-state index < -0.39 is 17.6 Å². The Labute approximate surface area is 148 Å². The van der Waals surface area contributed by atoms with Crippen LogP contribution < -0.4 is 15.9 Å². The summed E-state index contributed by atoms with van der Waals surface area (Å²) in [5.74, 6) is -0.533. The van der Waals surface area contributed by atoms with E-state index in [0.29, 0.717) is 5.56 Å². The van der Waals surface area contributed by atoms with Crippen molar-refractivity contribution in [3.8, 4) is 0 Å². The Hall–Kier alpha value is -3.03. The largest absolute Gasteiger partial charge is 0.418 e. The number of alkyl halides is 3. The summed E-state index contributed by atoms with van der Waals surface area (Å²) in [6, 6.07) is 11.6. The van der Waals surface area contributed by atoms with Gasteiger partial charge in [0.1, 0.15) is 0 Å². The molecule has 0 unspecified atom stereocenters. The normalized spacial score (nSPS) is 14.2. The summed E-state index contributed by atoms with van der Waals surface area (Å²) in [7, 11) is 0. The van der Waals surface area contributed by atoms with Gasteiger partial charge in [0.15, 0.2) is 0 Å². The van der Waals surface area contributed by atoms with Gasteiger partial charge in [-0.2, -0.15) is 18.3 Å². The third-order valence-electron chi connectivity index (χ3n) is 3.95. The van der Waals surface area contributed by atoms with Crippen LogP contribution in [0.2, 0.25) is 0 Å². The standard InChI is InChI=1S/C18H17F3N4O/c1-12-10-11-25(24-12)14-8-6-13(7-9-14)17(26)23-22-16-5-3-2-4-15(16)18(19,20)21/h2-9,22H,10-11H2,1H3,(H,23,26). The lowest BCUT2D eigenvalue weighted by Gasteiger charge is -2.16. The topological polar surface area (TPSA) is 56.7 Å². The van der Waals surface area contributed by atoms with E-state index >= 15 is 0 Å². The predicted molar refractivity (Wildman–Crippen MR) is 94.0 cm³/mol. The molecule has 0 bridgehead atoms. The lowest BCUT2D eigenvalue weighted by atomic mass is 10.1. The molecule has 0 saturated heterocycles. The highest BCUT2D eigenvalue weighted by atomic mass is 19.4. The minimum Gasteiger partial charge on any atom is -0.298 e. The molecular formula is C18H17F3N4O. The van der Waals surface area contributed by atoms with E-state index in [0.717, 1.165) is 30.4 Å². The van der Waals surface area contributed by atoms with Crippen LogP contribution in [0.1, 0.15) is 29.3 Å². The molecule has 2 aromatic carbocycles. The zero-order chi connectivity index (χ0) is 18.7. The first-order chi connectivity index (χ1) is 12.3. The summed E-state index contributed by atoms with van der Waals surface area (Å²) >= 11 is 0. The summed E-state index contributed by atoms with van der Waals surface area (Å²) in [6.07, 6.45) is -3.62. The van der Waals surface area contributed by atoms with Gasteiger partial charge in [0.05, 0.1) is 16.9 Å². The third kappa shape index (κ3) is 3.96. The third-order valence-corrected chi connectivity index (χ3v) is 3.95. The van der Waals surface area contributed by atoms with Crippen molar-refractivity contribution in [1.82, 2.24) is 5.43 Å². The van der Waals surface area contributed by atoms with Gasteiger partial charge in [-0.1, -0.05) is 12.1 Å². The number of para-hydroxylation sites is 1. The van der Waals surface area contributed by atoms with Crippen LogP contribution in [0, 0.1) is 0 Å². The molecular weight excluding hydrogens is 345 g/mol. The molecule has 1 amide bonds. The molecule has 8 heteroatoms. The molecule has 3 rings (SSSR count). The minimum atomic E-state index is -4.51. The van der Waals surface area contributed by atoms with E-state index in [4.69, 9.17) is 0 Å². The fraction of sp³-hybridized carbons (Fsp3) is 0.222. The first kappa shape index (κ1) is 17.8. The number of hydrazine groups is 1. The number of anilines is 2. The number of halogens is 3. The Balaban J connectivity index is 1.66. The number of hydrogen-bond donors (Lipinski definition) is 2. The van der Waals surface area contributed by atoms with Crippen LogP contribution in [-0.2, 0) is 6.18 Å². The Morgan fingerprint density at radius 1 is 1.12 bits per heavy atom. The first-order valence-corrected chi connectivity index (χ1v) is 7.99. The molecule has 0 aromatic heterocycles. The zero-order valence-electron chi connectivity index (χ0n) is 14.0. The van der Waals surface area contributed by atoms with Crippen molar-refractivity contribution in [1.29, 1.82) is 0 Å². The van der Waals surface area contributed by atoms with Crippen LogP contribution in [-0.4, -0.2) is 18.2 Å². The SMILES string of the molecule is CC1=NN(c2ccc(C(=O)NNc3ccccc3C(F)(F)F)cc2)CC1. The van der Waals surface area contributed by atoms with Crippen LogP contribution in [0.5, 0.6) is 0 Å². The number of nitrogens with one attached hydrogen (secondary N) is 2. The maximum atomic E-state index is 12.9. The Morgan fingerprint density at radius 2 is 1.81 bits per heavy atom. The average Bonchev–Trinajstić information content (AvgIpc) is 3.06. The molecule has 1 heterocycles. The van der Waals surface area contributed by atoms with Crippen molar-refractivity contribution in [2.75, 3.05) is 17.0 Å². The Bertz CT molecular complexity index is 831. The highest BCUT2D eigenvalue weighted by Gasteiger charge is 2.33. The second kappa shape index (κ2) is 7.07. The molecule has 1 aliphatic rings. The number of amides is 1. The number of hydrogen-bond acceptors (Lipinski definition) is 4. The van der Waals surface area contributed by atoms with Crippen LogP contribution >= 0.6 is 0 Å². The molecule has 0 spiro atoms. The van der Waals surface area contributed by atoms with Gasteiger partial charge < -0.3 is 0 Å². The summed E-state index contributed by atoms with van der Waals surface area (Å²) in [4.78, 5) is 12.2. The van der Waals surface area contributed by atoms with Crippen molar-refractivity contribution in [3.05, 3.63) is 59.7 Å². The highest BCUT2D eigenvalue weighted by Crippen LogP contribution is 2.34. The Morgan fingerprint density at radius 3 is 2.42 bits per heavy atom. The van der Waals surface area contributed by atoms with Crippen molar-refractivity contribution in [2.24, 2.45) is 5.10 Å². The molecule has 136 valence electrons. The number of benzene rings is 2. The van der Waals surface area contributed by atoms with E-state index in [2.05, 4.69) is 16.0 Å². The molecule has 5 nitrogen and oxygen atoms in total. The molecule has 0 aliphatic carbocycles. The number of nitrogens with zero attached hydrogens (tertiary/aromatic N) is 2. The smallest absolute Gasteiger partial charge is 0.298 e. The summed E-state index contributed by atoms with van der Waals surface area (Å²) in [6.45, 7) is 2.74. The first-order valence-electron chi connectivity index (χ1n) is 7.99. The van der Waals surface area contributed by atoms with E-state index in [-0.39, 0.29) is 5.69 Å². The minimum absolute atomic E-state index is 0.216. The van der Waals surface area contributed by atoms with Gasteiger partial charge in [-0.3, -0.25) is 20.7 Å². The molecule has 0 atom stereocenters. The van der Waals surface area contributed by atoms with Crippen LogP contribution in [0.3, 0.4) is 0 Å². The molecule has 0 radical (unpaired) electrons. The van der Waals surface area contributed by atoms with Crippen LogP contribution in [0.25, 0.3) is 0 Å². The van der Waals surface area contributed by atoms with Gasteiger partial charge in [0.25, 0.3) is 5.91 Å². The quantitative estimate of drug-likeness (QED) is 0.807. The van der Waals surface area contributed by atoms with Gasteiger partial charge in [-0.25, -0.2) is 0 Å². The molecule has 2 N–H and O–H groups in total. The summed E-state index contributed by atoms with van der Waals surface area (Å²) < 4.78 is 38.8. The predicted octanol–water partition coefficient (Wildman–Crippen LogP) is 4.05. The monoisotopic (exact) mass is 362 g/mol. The lowest BCUT2D eigenvalue weighted by Crippen LogP contribution is -2.30. The molecule has 0 saturated carbocycles. The van der Waals surface area contributed by atoms with Crippen molar-refractivity contribution >= 4 is 23.0 Å². The van der Waals surface area contributed by atoms with Gasteiger partial charge in [-0.15, -0.1) is 0 Å². The van der Waals surface area contributed by atoms with Gasteiger partial charge in [-0.05, 0) is 43.3 Å². The maximum absolute atomic E-state index is 12.9. The van der Waals surface area contributed by atoms with E-state index in [1.807, 2.05) is 11.9 Å². The van der Waals surface area contributed by atoms with E-state index in [9.17, 15) is 18.0 Å². The number of carbonyl (C=O) groups is 1. The molecule has 2 aromatic rings. The summed E-state index contributed by atoms with van der Waals surface area (Å²) in [5.41, 5.74) is 5.79. The van der Waals surface area contributed by atoms with Crippen LogP contribution in [0.4, 0.5) is 24.5 Å². The van der Waals surface area contributed by atoms with E-state index in [1.54, 1.807) is 24.3 Å². The number of carbonyl (C=O) groups excluding carboxylic acids is 1. The fourth-order valence-corrected chi connectivity index (χ4v) is 2.58. The number of rotatable bonds is 4. The Kier molecular flexibility index (Phi) is 4.83. The van der Waals surface area contributed by atoms with Gasteiger partial charge >= 0.3 is 6.18 Å². The van der Waals surface area contributed by atoms with Crippen molar-refractivity contribution < 1.29 is 18.0 Å². The molecule has 26 heavy (non-hydrogen) atoms. The van der Waals surface area contributed by atoms with Gasteiger partial charge in [0, 0.05) is 24.2 Å². The second-order valence-electron chi connectivity index (χ2n) is 5.88. The summed E-state index contributed by atoms with van der Waals surface area (Å²) in [5, 5.41) is 6.21.